The molecule has 0 aromatic rings. The minimum atomic E-state index is 0.290. The number of hydrogen-bond acceptors (Lipinski definition) is 2. The smallest absolute Gasteiger partial charge is 0.0881 e. The molecular formula is C9H16O2. The van der Waals surface area contributed by atoms with Crippen molar-refractivity contribution in [1.29, 1.82) is 0 Å². The number of rotatable bonds is 2. The van der Waals surface area contributed by atoms with Gasteiger partial charge < -0.3 is 10.2 Å². The van der Waals surface area contributed by atoms with Gasteiger partial charge >= 0.3 is 0 Å². The zero-order chi connectivity index (χ0) is 8.27. The van der Waals surface area contributed by atoms with Crippen molar-refractivity contribution in [3.05, 3.63) is 12.3 Å². The van der Waals surface area contributed by atoms with E-state index in [0.29, 0.717) is 18.3 Å². The SMILES string of the molecule is C=C(O)C1CCC(CO)CC1. The van der Waals surface area contributed by atoms with E-state index in [-0.39, 0.29) is 5.92 Å². The van der Waals surface area contributed by atoms with Crippen LogP contribution < -0.4 is 0 Å². The lowest BCUT2D eigenvalue weighted by molar-refractivity contribution is 0.161. The molecule has 0 amide bonds. The van der Waals surface area contributed by atoms with Crippen molar-refractivity contribution < 1.29 is 10.2 Å². The highest BCUT2D eigenvalue weighted by atomic mass is 16.3. The van der Waals surface area contributed by atoms with Crippen molar-refractivity contribution >= 4 is 0 Å². The van der Waals surface area contributed by atoms with Gasteiger partial charge in [0.25, 0.3) is 0 Å². The van der Waals surface area contributed by atoms with Crippen LogP contribution in [0.25, 0.3) is 0 Å². The zero-order valence-corrected chi connectivity index (χ0v) is 6.79. The highest BCUT2D eigenvalue weighted by Crippen LogP contribution is 2.31. The molecule has 1 aliphatic rings. The maximum Gasteiger partial charge on any atom is 0.0881 e. The van der Waals surface area contributed by atoms with Crippen LogP contribution in [0, 0.1) is 11.8 Å². The van der Waals surface area contributed by atoms with E-state index in [1.807, 2.05) is 0 Å². The van der Waals surface area contributed by atoms with Crippen LogP contribution in [-0.2, 0) is 0 Å². The van der Waals surface area contributed by atoms with Crippen LogP contribution in [0.5, 0.6) is 0 Å². The second-order valence-electron chi connectivity index (χ2n) is 3.39. The van der Waals surface area contributed by atoms with E-state index in [1.54, 1.807) is 0 Å². The second-order valence-corrected chi connectivity index (χ2v) is 3.39. The maximum atomic E-state index is 9.08. The van der Waals surface area contributed by atoms with Gasteiger partial charge in [0.05, 0.1) is 5.76 Å². The molecule has 0 atom stereocenters. The largest absolute Gasteiger partial charge is 0.513 e. The number of aliphatic hydroxyl groups excluding tert-OH is 2. The third-order valence-corrected chi connectivity index (χ3v) is 2.58. The van der Waals surface area contributed by atoms with E-state index in [2.05, 4.69) is 6.58 Å². The topological polar surface area (TPSA) is 40.5 Å². The van der Waals surface area contributed by atoms with Crippen LogP contribution in [0.4, 0.5) is 0 Å². The summed E-state index contributed by atoms with van der Waals surface area (Å²) in [5.41, 5.74) is 0. The van der Waals surface area contributed by atoms with E-state index in [9.17, 15) is 0 Å². The number of hydrogen-bond donors (Lipinski definition) is 2. The van der Waals surface area contributed by atoms with Crippen LogP contribution >= 0.6 is 0 Å². The molecule has 1 rings (SSSR count). The summed E-state index contributed by atoms with van der Waals surface area (Å²) in [5.74, 6) is 1.07. The quantitative estimate of drug-likeness (QED) is 0.599. The van der Waals surface area contributed by atoms with Gasteiger partial charge in [-0.1, -0.05) is 6.58 Å². The standard InChI is InChI=1S/C9H16O2/c1-7(11)9-4-2-8(6-10)3-5-9/h8-11H,1-6H2. The lowest BCUT2D eigenvalue weighted by Gasteiger charge is -2.26. The van der Waals surface area contributed by atoms with Gasteiger partial charge in [-0.3, -0.25) is 0 Å². The summed E-state index contributed by atoms with van der Waals surface area (Å²) < 4.78 is 0. The molecule has 0 aliphatic heterocycles. The Balaban J connectivity index is 2.30. The first-order valence-corrected chi connectivity index (χ1v) is 4.22. The van der Waals surface area contributed by atoms with Crippen molar-refractivity contribution in [3.63, 3.8) is 0 Å². The Bertz CT molecular complexity index is 134. The van der Waals surface area contributed by atoms with Crippen LogP contribution in [0.15, 0.2) is 12.3 Å². The van der Waals surface area contributed by atoms with E-state index in [0.717, 1.165) is 25.7 Å². The molecule has 0 aromatic carbocycles. The summed E-state index contributed by atoms with van der Waals surface area (Å²) in [6.45, 7) is 3.82. The Morgan fingerprint density at radius 2 is 1.82 bits per heavy atom. The highest BCUT2D eigenvalue weighted by molar-refractivity contribution is 4.91. The number of aliphatic hydroxyl groups is 2. The van der Waals surface area contributed by atoms with Crippen molar-refractivity contribution in [2.45, 2.75) is 25.7 Å². The fourth-order valence-corrected chi connectivity index (χ4v) is 1.68. The Kier molecular flexibility index (Phi) is 2.94. The van der Waals surface area contributed by atoms with Crippen LogP contribution in [0.2, 0.25) is 0 Å². The Morgan fingerprint density at radius 3 is 2.18 bits per heavy atom. The van der Waals surface area contributed by atoms with Gasteiger partial charge in [-0.2, -0.15) is 0 Å². The van der Waals surface area contributed by atoms with E-state index >= 15 is 0 Å². The van der Waals surface area contributed by atoms with Gasteiger partial charge in [0, 0.05) is 12.5 Å². The third kappa shape index (κ3) is 2.22. The molecule has 0 unspecified atom stereocenters. The van der Waals surface area contributed by atoms with Crippen LogP contribution in [0.3, 0.4) is 0 Å². The Hall–Kier alpha value is -0.500. The minimum Gasteiger partial charge on any atom is -0.513 e. The first kappa shape index (κ1) is 8.60. The summed E-state index contributed by atoms with van der Waals surface area (Å²) >= 11 is 0. The molecule has 64 valence electrons. The third-order valence-electron chi connectivity index (χ3n) is 2.58. The molecular weight excluding hydrogens is 140 g/mol. The van der Waals surface area contributed by atoms with E-state index in [4.69, 9.17) is 10.2 Å². The molecule has 1 aliphatic carbocycles. The van der Waals surface area contributed by atoms with Gasteiger partial charge in [0.2, 0.25) is 0 Å². The van der Waals surface area contributed by atoms with Gasteiger partial charge in [-0.05, 0) is 31.6 Å². The fourth-order valence-electron chi connectivity index (χ4n) is 1.68. The summed E-state index contributed by atoms with van der Waals surface area (Å²) in [4.78, 5) is 0. The van der Waals surface area contributed by atoms with E-state index in [1.165, 1.54) is 0 Å². The Labute approximate surface area is 67.6 Å². The summed E-state index contributed by atoms with van der Waals surface area (Å²) in [5, 5.41) is 17.9. The van der Waals surface area contributed by atoms with E-state index < -0.39 is 0 Å². The summed E-state index contributed by atoms with van der Waals surface area (Å²) in [6.07, 6.45) is 4.03. The minimum absolute atomic E-state index is 0.290. The molecule has 0 heterocycles. The summed E-state index contributed by atoms with van der Waals surface area (Å²) in [6, 6.07) is 0. The molecule has 2 nitrogen and oxygen atoms in total. The van der Waals surface area contributed by atoms with Gasteiger partial charge in [-0.15, -0.1) is 0 Å². The second kappa shape index (κ2) is 3.77. The average molecular weight is 156 g/mol. The number of allylic oxidation sites excluding steroid dienone is 1. The van der Waals surface area contributed by atoms with Gasteiger partial charge in [0.15, 0.2) is 0 Å². The van der Waals surface area contributed by atoms with Crippen molar-refractivity contribution in [2.24, 2.45) is 11.8 Å². The van der Waals surface area contributed by atoms with Crippen LogP contribution in [-0.4, -0.2) is 16.8 Å². The lowest BCUT2D eigenvalue weighted by Crippen LogP contribution is -2.18. The highest BCUT2D eigenvalue weighted by Gasteiger charge is 2.21. The normalized spacial score (nSPS) is 31.7. The molecule has 0 spiro atoms. The van der Waals surface area contributed by atoms with Crippen molar-refractivity contribution in [3.8, 4) is 0 Å². The molecule has 2 heteroatoms. The molecule has 0 saturated heterocycles. The molecule has 11 heavy (non-hydrogen) atoms. The molecule has 2 N–H and O–H groups in total. The van der Waals surface area contributed by atoms with Gasteiger partial charge in [0.1, 0.15) is 0 Å². The first-order valence-electron chi connectivity index (χ1n) is 4.22. The molecule has 0 radical (unpaired) electrons. The first-order chi connectivity index (χ1) is 5.24. The zero-order valence-electron chi connectivity index (χ0n) is 6.79. The molecule has 0 bridgehead atoms. The Morgan fingerprint density at radius 1 is 1.27 bits per heavy atom. The fraction of sp³-hybridized carbons (Fsp3) is 0.778. The van der Waals surface area contributed by atoms with Crippen molar-refractivity contribution in [1.82, 2.24) is 0 Å². The monoisotopic (exact) mass is 156 g/mol. The lowest BCUT2D eigenvalue weighted by atomic mass is 9.82. The molecule has 1 saturated carbocycles. The van der Waals surface area contributed by atoms with Crippen LogP contribution in [0.1, 0.15) is 25.7 Å². The molecule has 1 fully saturated rings. The predicted molar refractivity (Wildman–Crippen MR) is 44.3 cm³/mol. The van der Waals surface area contributed by atoms with Gasteiger partial charge in [-0.25, -0.2) is 0 Å². The maximum absolute atomic E-state index is 9.08. The molecule has 0 aromatic heterocycles. The van der Waals surface area contributed by atoms with Crippen molar-refractivity contribution in [2.75, 3.05) is 6.61 Å². The summed E-state index contributed by atoms with van der Waals surface area (Å²) in [7, 11) is 0. The predicted octanol–water partition coefficient (Wildman–Crippen LogP) is 1.86. The average Bonchev–Trinajstić information content (AvgIpc) is 2.05.